The number of nitrogens with zero attached hydrogens (tertiary/aromatic N) is 2. The Morgan fingerprint density at radius 3 is 2.72 bits per heavy atom. The Bertz CT molecular complexity index is 678. The van der Waals surface area contributed by atoms with Crippen LogP contribution in [0, 0.1) is 6.92 Å². The molecule has 2 aromatic rings. The van der Waals surface area contributed by atoms with Gasteiger partial charge in [-0.15, -0.1) is 10.2 Å². The van der Waals surface area contributed by atoms with Crippen molar-refractivity contribution < 1.29 is 9.53 Å². The van der Waals surface area contributed by atoms with Gasteiger partial charge in [0.1, 0.15) is 10.8 Å². The first-order valence-corrected chi connectivity index (χ1v) is 9.85. The van der Waals surface area contributed by atoms with Gasteiger partial charge >= 0.3 is 0 Å². The second-order valence-electron chi connectivity index (χ2n) is 6.59. The highest BCUT2D eigenvalue weighted by molar-refractivity contribution is 7.15. The molecule has 1 saturated carbocycles. The van der Waals surface area contributed by atoms with Crippen LogP contribution >= 0.6 is 11.3 Å². The maximum Gasteiger partial charge on any atom is 0.226 e. The monoisotopic (exact) mass is 359 g/mol. The highest BCUT2D eigenvalue weighted by atomic mass is 32.1. The molecule has 0 atom stereocenters. The van der Waals surface area contributed by atoms with Crippen LogP contribution in [0.3, 0.4) is 0 Å². The van der Waals surface area contributed by atoms with E-state index in [0.29, 0.717) is 30.5 Å². The summed E-state index contributed by atoms with van der Waals surface area (Å²) in [6.45, 7) is 2.57. The van der Waals surface area contributed by atoms with Crippen LogP contribution in [0.15, 0.2) is 24.3 Å². The van der Waals surface area contributed by atoms with E-state index < -0.39 is 0 Å². The van der Waals surface area contributed by atoms with Crippen LogP contribution in [0.5, 0.6) is 5.75 Å². The summed E-state index contributed by atoms with van der Waals surface area (Å²) in [7, 11) is 0. The van der Waals surface area contributed by atoms with Gasteiger partial charge < -0.3 is 10.1 Å². The molecule has 0 spiro atoms. The van der Waals surface area contributed by atoms with Crippen LogP contribution in [0.25, 0.3) is 0 Å². The third-order valence-corrected chi connectivity index (χ3v) is 5.48. The van der Waals surface area contributed by atoms with Crippen molar-refractivity contribution in [3.63, 3.8) is 0 Å². The highest BCUT2D eigenvalue weighted by Crippen LogP contribution is 2.35. The molecule has 0 bridgehead atoms. The molecule has 1 heterocycles. The Labute approximate surface area is 152 Å². The van der Waals surface area contributed by atoms with E-state index in [1.807, 2.05) is 31.2 Å². The van der Waals surface area contributed by atoms with Gasteiger partial charge in [-0.2, -0.15) is 0 Å². The third kappa shape index (κ3) is 5.53. The van der Waals surface area contributed by atoms with Gasteiger partial charge in [0.25, 0.3) is 0 Å². The normalized spacial score (nSPS) is 15.1. The summed E-state index contributed by atoms with van der Waals surface area (Å²) in [5, 5.41) is 12.9. The summed E-state index contributed by atoms with van der Waals surface area (Å²) >= 11 is 1.52. The number of ether oxygens (including phenoxy) is 1. The Morgan fingerprint density at radius 1 is 1.20 bits per heavy atom. The molecule has 1 aromatic carbocycles. The van der Waals surface area contributed by atoms with Crippen molar-refractivity contribution in [3.05, 3.63) is 34.8 Å². The number of anilines is 1. The Morgan fingerprint density at radius 2 is 1.96 bits per heavy atom. The first-order chi connectivity index (χ1) is 12.2. The van der Waals surface area contributed by atoms with Crippen LogP contribution in [0.2, 0.25) is 0 Å². The number of amides is 1. The molecule has 1 N–H and O–H groups in total. The van der Waals surface area contributed by atoms with Crippen molar-refractivity contribution in [2.75, 3.05) is 11.9 Å². The van der Waals surface area contributed by atoms with E-state index in [1.165, 1.54) is 49.0 Å². The van der Waals surface area contributed by atoms with Gasteiger partial charge in [-0.1, -0.05) is 48.3 Å². The van der Waals surface area contributed by atoms with E-state index in [4.69, 9.17) is 4.74 Å². The summed E-state index contributed by atoms with van der Waals surface area (Å²) in [4.78, 5) is 12.0. The van der Waals surface area contributed by atoms with E-state index in [9.17, 15) is 4.79 Å². The molecule has 1 amide bonds. The summed E-state index contributed by atoms with van der Waals surface area (Å²) in [5.41, 5.74) is 1.20. The number of benzene rings is 1. The number of aromatic nitrogens is 2. The van der Waals surface area contributed by atoms with E-state index in [-0.39, 0.29) is 5.91 Å². The predicted molar refractivity (Wildman–Crippen MR) is 100 cm³/mol. The number of hydrogen-bond donors (Lipinski definition) is 1. The van der Waals surface area contributed by atoms with Crippen LogP contribution in [-0.4, -0.2) is 22.7 Å². The van der Waals surface area contributed by atoms with Crippen molar-refractivity contribution in [2.45, 2.75) is 57.8 Å². The van der Waals surface area contributed by atoms with Crippen LogP contribution in [0.1, 0.15) is 61.4 Å². The lowest BCUT2D eigenvalue weighted by Gasteiger charge is -2.18. The highest BCUT2D eigenvalue weighted by Gasteiger charge is 2.20. The zero-order chi connectivity index (χ0) is 17.5. The lowest BCUT2D eigenvalue weighted by Crippen LogP contribution is -2.12. The lowest BCUT2D eigenvalue weighted by atomic mass is 9.90. The van der Waals surface area contributed by atoms with Crippen molar-refractivity contribution in [2.24, 2.45) is 0 Å². The molecule has 0 unspecified atom stereocenters. The topological polar surface area (TPSA) is 64.1 Å². The van der Waals surface area contributed by atoms with E-state index in [2.05, 4.69) is 15.5 Å². The SMILES string of the molecule is Cc1ccc(OCCCC(=O)Nc2nnc(C3CCCCC3)s2)cc1. The van der Waals surface area contributed by atoms with E-state index in [0.717, 1.165) is 10.8 Å². The average Bonchev–Trinajstić information content (AvgIpc) is 3.09. The van der Waals surface area contributed by atoms with Gasteiger partial charge in [0.2, 0.25) is 11.0 Å². The summed E-state index contributed by atoms with van der Waals surface area (Å²) < 4.78 is 5.64. The maximum absolute atomic E-state index is 12.0. The molecule has 5 nitrogen and oxygen atoms in total. The zero-order valence-corrected chi connectivity index (χ0v) is 15.5. The number of carbonyl (C=O) groups is 1. The Balaban J connectivity index is 1.37. The van der Waals surface area contributed by atoms with E-state index in [1.54, 1.807) is 0 Å². The predicted octanol–water partition coefficient (Wildman–Crippen LogP) is 4.69. The quantitative estimate of drug-likeness (QED) is 0.728. The molecule has 0 saturated heterocycles. The first kappa shape index (κ1) is 17.9. The van der Waals surface area contributed by atoms with Crippen LogP contribution in [-0.2, 0) is 4.79 Å². The molecule has 1 aliphatic carbocycles. The van der Waals surface area contributed by atoms with Crippen molar-refractivity contribution in [1.29, 1.82) is 0 Å². The zero-order valence-electron chi connectivity index (χ0n) is 14.7. The first-order valence-electron chi connectivity index (χ1n) is 9.03. The fourth-order valence-electron chi connectivity index (χ4n) is 3.04. The van der Waals surface area contributed by atoms with Crippen molar-refractivity contribution >= 4 is 22.4 Å². The number of carbonyl (C=O) groups excluding carboxylic acids is 1. The number of rotatable bonds is 7. The smallest absolute Gasteiger partial charge is 0.226 e. The van der Waals surface area contributed by atoms with Crippen molar-refractivity contribution in [3.8, 4) is 5.75 Å². The Kier molecular flexibility index (Phi) is 6.39. The summed E-state index contributed by atoms with van der Waals surface area (Å²) in [5.74, 6) is 1.34. The third-order valence-electron chi connectivity index (χ3n) is 4.48. The number of nitrogens with one attached hydrogen (secondary N) is 1. The molecular weight excluding hydrogens is 334 g/mol. The second-order valence-corrected chi connectivity index (χ2v) is 7.60. The molecule has 1 aliphatic rings. The lowest BCUT2D eigenvalue weighted by molar-refractivity contribution is -0.116. The fraction of sp³-hybridized carbons (Fsp3) is 0.526. The van der Waals surface area contributed by atoms with Gasteiger partial charge in [-0.3, -0.25) is 4.79 Å². The van der Waals surface area contributed by atoms with Crippen molar-refractivity contribution in [1.82, 2.24) is 10.2 Å². The summed E-state index contributed by atoms with van der Waals surface area (Å²) in [6.07, 6.45) is 7.35. The molecule has 25 heavy (non-hydrogen) atoms. The Hall–Kier alpha value is -1.95. The minimum atomic E-state index is -0.0288. The average molecular weight is 359 g/mol. The standard InChI is InChI=1S/C19H25N3O2S/c1-14-9-11-16(12-10-14)24-13-5-8-17(23)20-19-22-21-18(25-19)15-6-3-2-4-7-15/h9-12,15H,2-8,13H2,1H3,(H,20,22,23). The van der Waals surface area contributed by atoms with E-state index >= 15 is 0 Å². The van der Waals surface area contributed by atoms with Crippen LogP contribution in [0.4, 0.5) is 5.13 Å². The molecule has 1 aromatic heterocycles. The number of aryl methyl sites for hydroxylation is 1. The molecule has 0 radical (unpaired) electrons. The molecule has 0 aliphatic heterocycles. The minimum Gasteiger partial charge on any atom is -0.494 e. The molecule has 134 valence electrons. The fourth-order valence-corrected chi connectivity index (χ4v) is 3.97. The van der Waals surface area contributed by atoms with Gasteiger partial charge in [0.05, 0.1) is 6.61 Å². The second kappa shape index (κ2) is 8.94. The molecule has 1 fully saturated rings. The van der Waals surface area contributed by atoms with Gasteiger partial charge in [0, 0.05) is 12.3 Å². The van der Waals surface area contributed by atoms with Gasteiger partial charge in [-0.05, 0) is 38.3 Å². The minimum absolute atomic E-state index is 0.0288. The van der Waals surface area contributed by atoms with Gasteiger partial charge in [0.15, 0.2) is 0 Å². The van der Waals surface area contributed by atoms with Crippen LogP contribution < -0.4 is 10.1 Å². The largest absolute Gasteiger partial charge is 0.494 e. The molecule has 6 heteroatoms. The maximum atomic E-state index is 12.0. The van der Waals surface area contributed by atoms with Gasteiger partial charge in [-0.25, -0.2) is 0 Å². The summed E-state index contributed by atoms with van der Waals surface area (Å²) in [6, 6.07) is 7.93. The molecular formula is C19H25N3O2S. The number of hydrogen-bond acceptors (Lipinski definition) is 5. The molecule has 3 rings (SSSR count).